The molecule has 0 aromatic heterocycles. The first-order chi connectivity index (χ1) is 8.88. The van der Waals surface area contributed by atoms with E-state index in [1.165, 1.54) is 24.0 Å². The van der Waals surface area contributed by atoms with Crippen molar-refractivity contribution in [3.8, 4) is 5.75 Å². The van der Waals surface area contributed by atoms with E-state index < -0.39 is 6.61 Å². The summed E-state index contributed by atoms with van der Waals surface area (Å²) in [6.45, 7) is -1.20. The van der Waals surface area contributed by atoms with Gasteiger partial charge in [0.1, 0.15) is 11.5 Å². The lowest BCUT2D eigenvalue weighted by molar-refractivity contribution is -0.134. The molecule has 1 amide bonds. The number of hydrogen-bond donors (Lipinski definition) is 0. The number of halogens is 2. The van der Waals surface area contributed by atoms with Crippen LogP contribution in [0.25, 0.3) is 0 Å². The highest BCUT2D eigenvalue weighted by molar-refractivity contribution is 5.96. The molecule has 6 heteroatoms. The van der Waals surface area contributed by atoms with Crippen LogP contribution in [0, 0.1) is 0 Å². The Balaban J connectivity index is 2.57. The van der Waals surface area contributed by atoms with Crippen molar-refractivity contribution >= 4 is 11.7 Å². The van der Waals surface area contributed by atoms with Gasteiger partial charge >= 0.3 is 6.61 Å². The van der Waals surface area contributed by atoms with Gasteiger partial charge in [0.05, 0.1) is 6.42 Å². The molecule has 1 rings (SSSR count). The molecule has 0 aliphatic carbocycles. The molecular formula is C13H15F2NO3. The van der Waals surface area contributed by atoms with Crippen LogP contribution in [0.1, 0.15) is 18.9 Å². The van der Waals surface area contributed by atoms with E-state index >= 15 is 0 Å². The van der Waals surface area contributed by atoms with Gasteiger partial charge in [-0.3, -0.25) is 9.59 Å². The number of benzene rings is 1. The Labute approximate surface area is 110 Å². The quantitative estimate of drug-likeness (QED) is 0.745. The molecule has 0 N–H and O–H groups in total. The Morgan fingerprint density at radius 3 is 2.32 bits per heavy atom. The molecule has 0 heterocycles. The lowest BCUT2D eigenvalue weighted by atomic mass is 10.2. The first-order valence-corrected chi connectivity index (χ1v) is 5.65. The molecule has 0 saturated carbocycles. The number of amides is 1. The molecule has 4 nitrogen and oxygen atoms in total. The van der Waals surface area contributed by atoms with Gasteiger partial charge in [-0.05, 0) is 24.6 Å². The van der Waals surface area contributed by atoms with Crippen LogP contribution in [-0.4, -0.2) is 30.2 Å². The van der Waals surface area contributed by atoms with E-state index in [2.05, 4.69) is 4.74 Å². The molecule has 1 aromatic rings. The van der Waals surface area contributed by atoms with Crippen molar-refractivity contribution in [1.29, 1.82) is 0 Å². The highest BCUT2D eigenvalue weighted by Gasteiger charge is 2.11. The molecule has 0 spiro atoms. The number of Topliss-reactive ketones (excluding diaryl/α,β-unsaturated/α-hetero) is 1. The minimum atomic E-state index is -2.86. The lowest BCUT2D eigenvalue weighted by Gasteiger charge is -2.16. The number of rotatable bonds is 6. The van der Waals surface area contributed by atoms with E-state index in [0.29, 0.717) is 6.54 Å². The van der Waals surface area contributed by atoms with Crippen LogP contribution in [0.4, 0.5) is 8.78 Å². The Kier molecular flexibility index (Phi) is 5.41. The number of alkyl halides is 2. The lowest BCUT2D eigenvalue weighted by Crippen LogP contribution is -2.27. The van der Waals surface area contributed by atoms with E-state index in [4.69, 9.17) is 0 Å². The van der Waals surface area contributed by atoms with Crippen LogP contribution in [0.15, 0.2) is 24.3 Å². The van der Waals surface area contributed by atoms with Gasteiger partial charge in [0.15, 0.2) is 0 Å². The summed E-state index contributed by atoms with van der Waals surface area (Å²) in [6.07, 6.45) is -0.136. The predicted octanol–water partition coefficient (Wildman–Crippen LogP) is 2.23. The zero-order valence-electron chi connectivity index (χ0n) is 10.7. The van der Waals surface area contributed by atoms with Gasteiger partial charge in [0.2, 0.25) is 5.91 Å². The van der Waals surface area contributed by atoms with Crippen molar-refractivity contribution in [3.63, 3.8) is 0 Å². The van der Waals surface area contributed by atoms with Gasteiger partial charge in [-0.2, -0.15) is 8.78 Å². The van der Waals surface area contributed by atoms with Crippen molar-refractivity contribution in [3.05, 3.63) is 29.8 Å². The molecule has 0 bridgehead atoms. The van der Waals surface area contributed by atoms with Crippen molar-refractivity contribution in [2.24, 2.45) is 0 Å². The van der Waals surface area contributed by atoms with Crippen molar-refractivity contribution in [2.75, 3.05) is 7.05 Å². The van der Waals surface area contributed by atoms with Crippen LogP contribution in [-0.2, 0) is 16.1 Å². The zero-order chi connectivity index (χ0) is 14.4. The summed E-state index contributed by atoms with van der Waals surface area (Å²) in [6, 6.07) is 6.00. The summed E-state index contributed by atoms with van der Waals surface area (Å²) in [5.41, 5.74) is 0.765. The second kappa shape index (κ2) is 6.82. The predicted molar refractivity (Wildman–Crippen MR) is 64.8 cm³/mol. The summed E-state index contributed by atoms with van der Waals surface area (Å²) >= 11 is 0. The minimum Gasteiger partial charge on any atom is -0.435 e. The average molecular weight is 271 g/mol. The summed E-state index contributed by atoms with van der Waals surface area (Å²) in [5, 5.41) is 0. The van der Waals surface area contributed by atoms with Crippen LogP contribution in [0.3, 0.4) is 0 Å². The number of ether oxygens (including phenoxy) is 1. The molecule has 104 valence electrons. The third-order valence-electron chi connectivity index (χ3n) is 2.39. The standard InChI is InChI=1S/C13H15F2NO3/c1-9(17)7-12(18)16(2)8-10-3-5-11(6-4-10)19-13(14)15/h3-6,13H,7-8H2,1-2H3. The molecule has 19 heavy (non-hydrogen) atoms. The molecule has 0 aliphatic heterocycles. The summed E-state index contributed by atoms with van der Waals surface area (Å²) in [5.74, 6) is -0.408. The second-order valence-corrected chi connectivity index (χ2v) is 4.15. The van der Waals surface area contributed by atoms with Crippen LogP contribution in [0.2, 0.25) is 0 Å². The topological polar surface area (TPSA) is 46.6 Å². The molecule has 0 radical (unpaired) electrons. The summed E-state index contributed by atoms with van der Waals surface area (Å²) in [7, 11) is 1.58. The van der Waals surface area contributed by atoms with Gasteiger partial charge in [-0.1, -0.05) is 12.1 Å². The van der Waals surface area contributed by atoms with Gasteiger partial charge in [-0.15, -0.1) is 0 Å². The fourth-order valence-electron chi connectivity index (χ4n) is 1.49. The third-order valence-corrected chi connectivity index (χ3v) is 2.39. The van der Waals surface area contributed by atoms with Crippen molar-refractivity contribution in [1.82, 2.24) is 4.90 Å². The van der Waals surface area contributed by atoms with Gasteiger partial charge < -0.3 is 9.64 Å². The number of carbonyl (C=O) groups is 2. The number of nitrogens with zero attached hydrogens (tertiary/aromatic N) is 1. The number of ketones is 1. The molecular weight excluding hydrogens is 256 g/mol. The smallest absolute Gasteiger partial charge is 0.387 e. The van der Waals surface area contributed by atoms with Crippen molar-refractivity contribution in [2.45, 2.75) is 26.5 Å². The SMILES string of the molecule is CC(=O)CC(=O)N(C)Cc1ccc(OC(F)F)cc1. The van der Waals surface area contributed by atoms with Gasteiger partial charge in [0.25, 0.3) is 0 Å². The minimum absolute atomic E-state index is 0.0662. The first-order valence-electron chi connectivity index (χ1n) is 5.65. The van der Waals surface area contributed by atoms with E-state index in [-0.39, 0.29) is 23.9 Å². The van der Waals surface area contributed by atoms with Crippen LogP contribution >= 0.6 is 0 Å². The molecule has 0 aliphatic rings. The molecule has 1 aromatic carbocycles. The number of carbonyl (C=O) groups excluding carboxylic acids is 2. The van der Waals surface area contributed by atoms with E-state index in [9.17, 15) is 18.4 Å². The maximum atomic E-state index is 12.0. The number of hydrogen-bond acceptors (Lipinski definition) is 3. The van der Waals surface area contributed by atoms with Crippen molar-refractivity contribution < 1.29 is 23.1 Å². The molecule has 0 atom stereocenters. The largest absolute Gasteiger partial charge is 0.435 e. The fourth-order valence-corrected chi connectivity index (χ4v) is 1.49. The van der Waals surface area contributed by atoms with Gasteiger partial charge in [-0.25, -0.2) is 0 Å². The molecule has 0 fully saturated rings. The average Bonchev–Trinajstić information content (AvgIpc) is 2.30. The monoisotopic (exact) mass is 271 g/mol. The maximum absolute atomic E-state index is 12.0. The Hall–Kier alpha value is -1.98. The second-order valence-electron chi connectivity index (χ2n) is 4.15. The third kappa shape index (κ3) is 5.46. The maximum Gasteiger partial charge on any atom is 0.387 e. The zero-order valence-corrected chi connectivity index (χ0v) is 10.7. The molecule has 0 saturated heterocycles. The summed E-state index contributed by atoms with van der Waals surface area (Å²) in [4.78, 5) is 23.8. The van der Waals surface area contributed by atoms with Gasteiger partial charge in [0, 0.05) is 13.6 Å². The Bertz CT molecular complexity index is 446. The Morgan fingerprint density at radius 1 is 1.26 bits per heavy atom. The Morgan fingerprint density at radius 2 is 1.84 bits per heavy atom. The van der Waals surface area contributed by atoms with E-state index in [1.54, 1.807) is 19.2 Å². The highest BCUT2D eigenvalue weighted by Crippen LogP contribution is 2.15. The van der Waals surface area contributed by atoms with Crippen LogP contribution in [0.5, 0.6) is 5.75 Å². The van der Waals surface area contributed by atoms with Crippen LogP contribution < -0.4 is 4.74 Å². The fraction of sp³-hybridized carbons (Fsp3) is 0.385. The summed E-state index contributed by atoms with van der Waals surface area (Å²) < 4.78 is 28.1. The van der Waals surface area contributed by atoms with E-state index in [1.807, 2.05) is 0 Å². The molecule has 0 unspecified atom stereocenters. The highest BCUT2D eigenvalue weighted by atomic mass is 19.3. The normalized spacial score (nSPS) is 10.4. The van der Waals surface area contributed by atoms with E-state index in [0.717, 1.165) is 5.56 Å². The first kappa shape index (κ1) is 15.1.